The van der Waals surface area contributed by atoms with Gasteiger partial charge in [-0.05, 0) is 15.9 Å². The van der Waals surface area contributed by atoms with E-state index in [0.717, 1.165) is 10.4 Å². The van der Waals surface area contributed by atoms with Crippen LogP contribution in [-0.2, 0) is 13.6 Å². The molecule has 0 bridgehead atoms. The molecule has 0 aliphatic rings. The Bertz CT molecular complexity index is 206. The highest BCUT2D eigenvalue weighted by atomic mass is 79.9. The number of aryl methyl sites for hydroxylation is 1. The predicted molar refractivity (Wildman–Crippen MR) is 38.8 cm³/mol. The second kappa shape index (κ2) is 2.49. The lowest BCUT2D eigenvalue weighted by atomic mass is 10.6. The van der Waals surface area contributed by atoms with Gasteiger partial charge in [-0.1, -0.05) is 0 Å². The maximum Gasteiger partial charge on any atom is 0.124 e. The number of nitrogens with zero attached hydrogens (tertiary/aromatic N) is 2. The Labute approximate surface area is 62.0 Å². The van der Waals surface area contributed by atoms with Gasteiger partial charge in [0.05, 0.1) is 6.54 Å². The van der Waals surface area contributed by atoms with Crippen LogP contribution in [0.4, 0.5) is 0 Å². The molecule has 0 unspecified atom stereocenters. The summed E-state index contributed by atoms with van der Waals surface area (Å²) in [4.78, 5) is 4.08. The fraction of sp³-hybridized carbons (Fsp3) is 0.400. The van der Waals surface area contributed by atoms with Gasteiger partial charge < -0.3 is 10.3 Å². The van der Waals surface area contributed by atoms with Crippen LogP contribution in [0, 0.1) is 0 Å². The average molecular weight is 190 g/mol. The molecular weight excluding hydrogens is 182 g/mol. The van der Waals surface area contributed by atoms with E-state index in [-0.39, 0.29) is 0 Å². The molecule has 0 saturated heterocycles. The van der Waals surface area contributed by atoms with Crippen molar-refractivity contribution >= 4 is 15.9 Å². The molecule has 0 radical (unpaired) electrons. The van der Waals surface area contributed by atoms with E-state index in [0.29, 0.717) is 6.54 Å². The number of hydrogen-bond acceptors (Lipinski definition) is 2. The molecule has 3 nitrogen and oxygen atoms in total. The third-order valence-electron chi connectivity index (χ3n) is 1.13. The molecule has 0 aliphatic heterocycles. The zero-order valence-electron chi connectivity index (χ0n) is 5.13. The van der Waals surface area contributed by atoms with Crippen LogP contribution >= 0.6 is 15.9 Å². The lowest BCUT2D eigenvalue weighted by Crippen LogP contribution is -2.03. The summed E-state index contributed by atoms with van der Waals surface area (Å²) in [5.74, 6) is 0.891. The molecule has 0 saturated carbocycles. The number of rotatable bonds is 1. The van der Waals surface area contributed by atoms with E-state index in [2.05, 4.69) is 20.9 Å². The Morgan fingerprint density at radius 2 is 2.56 bits per heavy atom. The summed E-state index contributed by atoms with van der Waals surface area (Å²) in [7, 11) is 1.92. The van der Waals surface area contributed by atoms with Crippen molar-refractivity contribution in [2.24, 2.45) is 12.8 Å². The van der Waals surface area contributed by atoms with E-state index in [9.17, 15) is 0 Å². The van der Waals surface area contributed by atoms with Gasteiger partial charge in [-0.25, -0.2) is 4.98 Å². The molecule has 2 N–H and O–H groups in total. The summed E-state index contributed by atoms with van der Waals surface area (Å²) in [5, 5.41) is 0. The minimum atomic E-state index is 0.488. The fourth-order valence-corrected chi connectivity index (χ4v) is 1.17. The number of hydrogen-bond donors (Lipinski definition) is 1. The first-order valence-electron chi connectivity index (χ1n) is 2.62. The van der Waals surface area contributed by atoms with E-state index in [1.54, 1.807) is 0 Å². The van der Waals surface area contributed by atoms with Crippen LogP contribution in [-0.4, -0.2) is 9.55 Å². The standard InChI is InChI=1S/C5H8BrN3/c1-9-3-4(6)8-5(9)2-7/h3H,2,7H2,1H3. The first-order valence-corrected chi connectivity index (χ1v) is 3.41. The monoisotopic (exact) mass is 189 g/mol. The van der Waals surface area contributed by atoms with E-state index < -0.39 is 0 Å². The van der Waals surface area contributed by atoms with Crippen molar-refractivity contribution in [3.63, 3.8) is 0 Å². The first kappa shape index (κ1) is 6.77. The minimum absolute atomic E-state index is 0.488. The van der Waals surface area contributed by atoms with Gasteiger partial charge in [-0.2, -0.15) is 0 Å². The summed E-state index contributed by atoms with van der Waals surface area (Å²) in [6.45, 7) is 0.488. The second-order valence-corrected chi connectivity index (χ2v) is 2.61. The van der Waals surface area contributed by atoms with Gasteiger partial charge in [0.2, 0.25) is 0 Å². The van der Waals surface area contributed by atoms with Gasteiger partial charge in [0.15, 0.2) is 0 Å². The maximum atomic E-state index is 5.36. The summed E-state index contributed by atoms with van der Waals surface area (Å²) in [6, 6.07) is 0. The first-order chi connectivity index (χ1) is 4.24. The van der Waals surface area contributed by atoms with Crippen molar-refractivity contribution in [2.45, 2.75) is 6.54 Å². The van der Waals surface area contributed by atoms with Crippen LogP contribution in [0.15, 0.2) is 10.8 Å². The molecule has 4 heteroatoms. The van der Waals surface area contributed by atoms with Crippen LogP contribution in [0.5, 0.6) is 0 Å². The van der Waals surface area contributed by atoms with Crippen molar-refractivity contribution < 1.29 is 0 Å². The highest BCUT2D eigenvalue weighted by Gasteiger charge is 1.97. The fourth-order valence-electron chi connectivity index (χ4n) is 0.655. The van der Waals surface area contributed by atoms with Crippen molar-refractivity contribution in [3.8, 4) is 0 Å². The maximum absolute atomic E-state index is 5.36. The van der Waals surface area contributed by atoms with Crippen molar-refractivity contribution in [1.82, 2.24) is 9.55 Å². The van der Waals surface area contributed by atoms with Crippen molar-refractivity contribution in [3.05, 3.63) is 16.6 Å². The molecule has 0 fully saturated rings. The van der Waals surface area contributed by atoms with Crippen molar-refractivity contribution in [2.75, 3.05) is 0 Å². The Morgan fingerprint density at radius 3 is 2.78 bits per heavy atom. The molecule has 0 amide bonds. The molecule has 1 aromatic heterocycles. The molecule has 1 rings (SSSR count). The normalized spacial score (nSPS) is 10.1. The van der Waals surface area contributed by atoms with E-state index in [4.69, 9.17) is 5.73 Å². The number of halogens is 1. The second-order valence-electron chi connectivity index (χ2n) is 1.79. The van der Waals surface area contributed by atoms with Gasteiger partial charge in [-0.3, -0.25) is 0 Å². The minimum Gasteiger partial charge on any atom is -0.336 e. The smallest absolute Gasteiger partial charge is 0.124 e. The van der Waals surface area contributed by atoms with E-state index in [1.807, 2.05) is 17.8 Å². The molecule has 0 atom stereocenters. The summed E-state index contributed by atoms with van der Waals surface area (Å²) < 4.78 is 2.73. The van der Waals surface area contributed by atoms with Crippen LogP contribution < -0.4 is 5.73 Å². The molecule has 0 aliphatic carbocycles. The summed E-state index contributed by atoms with van der Waals surface area (Å²) in [5.41, 5.74) is 5.36. The molecular formula is C5H8BrN3. The zero-order chi connectivity index (χ0) is 6.85. The van der Waals surface area contributed by atoms with E-state index in [1.165, 1.54) is 0 Å². The summed E-state index contributed by atoms with van der Waals surface area (Å²) >= 11 is 3.24. The SMILES string of the molecule is Cn1cc(Br)nc1CN. The van der Waals surface area contributed by atoms with E-state index >= 15 is 0 Å². The van der Waals surface area contributed by atoms with Gasteiger partial charge in [-0.15, -0.1) is 0 Å². The third kappa shape index (κ3) is 1.31. The van der Waals surface area contributed by atoms with Gasteiger partial charge in [0, 0.05) is 13.2 Å². The highest BCUT2D eigenvalue weighted by molar-refractivity contribution is 9.10. The molecule has 0 aromatic carbocycles. The number of nitrogens with two attached hydrogens (primary N) is 1. The zero-order valence-corrected chi connectivity index (χ0v) is 6.72. The molecule has 1 heterocycles. The van der Waals surface area contributed by atoms with Gasteiger partial charge in [0.1, 0.15) is 10.4 Å². The predicted octanol–water partition coefficient (Wildman–Crippen LogP) is 0.641. The molecule has 9 heavy (non-hydrogen) atoms. The highest BCUT2D eigenvalue weighted by Crippen LogP contribution is 2.06. The van der Waals surface area contributed by atoms with Gasteiger partial charge in [0.25, 0.3) is 0 Å². The lowest BCUT2D eigenvalue weighted by Gasteiger charge is -1.92. The van der Waals surface area contributed by atoms with Crippen LogP contribution in [0.1, 0.15) is 5.82 Å². The lowest BCUT2D eigenvalue weighted by molar-refractivity contribution is 0.793. The quantitative estimate of drug-likeness (QED) is 0.706. The molecule has 50 valence electrons. The largest absolute Gasteiger partial charge is 0.336 e. The van der Waals surface area contributed by atoms with Crippen LogP contribution in [0.2, 0.25) is 0 Å². The topological polar surface area (TPSA) is 43.8 Å². The Hall–Kier alpha value is -0.350. The average Bonchev–Trinajstić information content (AvgIpc) is 2.10. The molecule has 0 spiro atoms. The molecule has 1 aromatic rings. The Kier molecular flexibility index (Phi) is 1.87. The Morgan fingerprint density at radius 1 is 1.89 bits per heavy atom. The van der Waals surface area contributed by atoms with Crippen LogP contribution in [0.25, 0.3) is 0 Å². The van der Waals surface area contributed by atoms with Crippen molar-refractivity contribution in [1.29, 1.82) is 0 Å². The Balaban J connectivity index is 3.01. The van der Waals surface area contributed by atoms with Gasteiger partial charge >= 0.3 is 0 Å². The van der Waals surface area contributed by atoms with Crippen LogP contribution in [0.3, 0.4) is 0 Å². The number of imidazole rings is 1. The number of aromatic nitrogens is 2. The third-order valence-corrected chi connectivity index (χ3v) is 1.51. The summed E-state index contributed by atoms with van der Waals surface area (Å²) in [6.07, 6.45) is 1.88.